The molecular formula is C12H21NO4. The minimum Gasteiger partial charge on any atom is -0.481 e. The van der Waals surface area contributed by atoms with Gasteiger partial charge in [0.1, 0.15) is 0 Å². The molecule has 2 N–H and O–H groups in total. The summed E-state index contributed by atoms with van der Waals surface area (Å²) < 4.78 is 5.68. The van der Waals surface area contributed by atoms with Crippen molar-refractivity contribution in [2.45, 2.75) is 64.2 Å². The third kappa shape index (κ3) is 5.68. The highest BCUT2D eigenvalue weighted by Crippen LogP contribution is 2.23. The normalized spacial score (nSPS) is 25.5. The molecule has 0 aromatic heterocycles. The molecule has 98 valence electrons. The number of rotatable bonds is 6. The van der Waals surface area contributed by atoms with Gasteiger partial charge in [-0.25, -0.2) is 0 Å². The summed E-state index contributed by atoms with van der Waals surface area (Å²) in [6.07, 6.45) is 3.70. The number of hydrogen-bond acceptors (Lipinski definition) is 3. The molecule has 0 aromatic rings. The Bertz CT molecular complexity index is 280. The van der Waals surface area contributed by atoms with Crippen LogP contribution < -0.4 is 5.32 Å². The lowest BCUT2D eigenvalue weighted by atomic mass is 10.0. The Hall–Kier alpha value is -1.10. The summed E-state index contributed by atoms with van der Waals surface area (Å²) in [6.45, 7) is 3.48. The van der Waals surface area contributed by atoms with Gasteiger partial charge in [-0.05, 0) is 32.6 Å². The average Bonchev–Trinajstić information content (AvgIpc) is 2.59. The van der Waals surface area contributed by atoms with Crippen molar-refractivity contribution in [3.05, 3.63) is 0 Å². The van der Waals surface area contributed by atoms with Gasteiger partial charge >= 0.3 is 5.97 Å². The van der Waals surface area contributed by atoms with Gasteiger partial charge in [0.2, 0.25) is 5.91 Å². The minimum absolute atomic E-state index is 0.0766. The fourth-order valence-corrected chi connectivity index (χ4v) is 2.21. The van der Waals surface area contributed by atoms with Crippen molar-refractivity contribution in [2.75, 3.05) is 0 Å². The zero-order chi connectivity index (χ0) is 12.8. The SMILES string of the molecule is CC(=O)NC(CCC(=O)O)CC1CCC(C)O1. The summed E-state index contributed by atoms with van der Waals surface area (Å²) in [5.41, 5.74) is 0. The molecule has 17 heavy (non-hydrogen) atoms. The fraction of sp³-hybridized carbons (Fsp3) is 0.833. The monoisotopic (exact) mass is 243 g/mol. The lowest BCUT2D eigenvalue weighted by molar-refractivity contribution is -0.137. The molecule has 1 heterocycles. The summed E-state index contributed by atoms with van der Waals surface area (Å²) in [6, 6.07) is -0.0982. The zero-order valence-electron chi connectivity index (χ0n) is 10.4. The topological polar surface area (TPSA) is 75.6 Å². The van der Waals surface area contributed by atoms with Crippen molar-refractivity contribution >= 4 is 11.9 Å². The molecule has 5 heteroatoms. The van der Waals surface area contributed by atoms with E-state index in [1.54, 1.807) is 0 Å². The standard InChI is InChI=1S/C12H21NO4/c1-8-3-5-11(17-8)7-10(13-9(2)14)4-6-12(15)16/h8,10-11H,3-7H2,1-2H3,(H,13,14)(H,15,16). The first kappa shape index (κ1) is 14.0. The molecule has 0 aliphatic carbocycles. The quantitative estimate of drug-likeness (QED) is 0.737. The van der Waals surface area contributed by atoms with Crippen LogP contribution in [0.4, 0.5) is 0 Å². The molecule has 1 aliphatic heterocycles. The number of carbonyl (C=O) groups is 2. The van der Waals surface area contributed by atoms with E-state index in [0.29, 0.717) is 12.8 Å². The van der Waals surface area contributed by atoms with Crippen LogP contribution in [0.2, 0.25) is 0 Å². The van der Waals surface area contributed by atoms with Gasteiger partial charge in [0.15, 0.2) is 0 Å². The summed E-state index contributed by atoms with van der Waals surface area (Å²) >= 11 is 0. The molecule has 5 nitrogen and oxygen atoms in total. The average molecular weight is 243 g/mol. The highest BCUT2D eigenvalue weighted by atomic mass is 16.5. The Labute approximate surface area is 102 Å². The van der Waals surface area contributed by atoms with Gasteiger partial charge in [-0.15, -0.1) is 0 Å². The van der Waals surface area contributed by atoms with Gasteiger partial charge in [0.05, 0.1) is 12.2 Å². The van der Waals surface area contributed by atoms with Crippen molar-refractivity contribution < 1.29 is 19.4 Å². The molecule has 0 spiro atoms. The Kier molecular flexibility index (Phi) is 5.41. The number of carboxylic acid groups (broad SMARTS) is 1. The van der Waals surface area contributed by atoms with Crippen LogP contribution in [0.15, 0.2) is 0 Å². The Morgan fingerprint density at radius 3 is 2.65 bits per heavy atom. The van der Waals surface area contributed by atoms with Crippen LogP contribution in [0.5, 0.6) is 0 Å². The number of ether oxygens (including phenoxy) is 1. The van der Waals surface area contributed by atoms with E-state index < -0.39 is 5.97 Å². The summed E-state index contributed by atoms with van der Waals surface area (Å²) in [5.74, 6) is -0.951. The van der Waals surface area contributed by atoms with Gasteiger partial charge in [-0.1, -0.05) is 0 Å². The smallest absolute Gasteiger partial charge is 0.303 e. The summed E-state index contributed by atoms with van der Waals surface area (Å²) in [5, 5.41) is 11.5. The number of carboxylic acids is 1. The Balaban J connectivity index is 2.39. The van der Waals surface area contributed by atoms with E-state index in [2.05, 4.69) is 5.32 Å². The lowest BCUT2D eigenvalue weighted by Gasteiger charge is -2.21. The molecule has 0 aromatic carbocycles. The van der Waals surface area contributed by atoms with E-state index in [4.69, 9.17) is 9.84 Å². The molecule has 0 saturated carbocycles. The highest BCUT2D eigenvalue weighted by Gasteiger charge is 2.25. The van der Waals surface area contributed by atoms with E-state index in [9.17, 15) is 9.59 Å². The van der Waals surface area contributed by atoms with E-state index in [-0.39, 0.29) is 30.6 Å². The van der Waals surface area contributed by atoms with Crippen molar-refractivity contribution in [1.82, 2.24) is 5.32 Å². The third-order valence-electron chi connectivity index (χ3n) is 2.98. The molecule has 0 radical (unpaired) electrons. The number of amides is 1. The van der Waals surface area contributed by atoms with Crippen molar-refractivity contribution in [3.63, 3.8) is 0 Å². The first-order chi connectivity index (χ1) is 7.97. The molecule has 3 atom stereocenters. The maximum atomic E-state index is 11.0. The van der Waals surface area contributed by atoms with E-state index in [1.807, 2.05) is 6.92 Å². The first-order valence-electron chi connectivity index (χ1n) is 6.11. The Morgan fingerprint density at radius 1 is 1.47 bits per heavy atom. The number of nitrogens with one attached hydrogen (secondary N) is 1. The lowest BCUT2D eigenvalue weighted by Crippen LogP contribution is -2.36. The molecule has 1 saturated heterocycles. The van der Waals surface area contributed by atoms with E-state index >= 15 is 0 Å². The number of hydrogen-bond donors (Lipinski definition) is 2. The largest absolute Gasteiger partial charge is 0.481 e. The second-order valence-corrected chi connectivity index (χ2v) is 4.71. The third-order valence-corrected chi connectivity index (χ3v) is 2.98. The molecular weight excluding hydrogens is 222 g/mol. The number of aliphatic carboxylic acids is 1. The zero-order valence-corrected chi connectivity index (χ0v) is 10.4. The first-order valence-corrected chi connectivity index (χ1v) is 6.11. The van der Waals surface area contributed by atoms with Gasteiger partial charge in [0.25, 0.3) is 0 Å². The van der Waals surface area contributed by atoms with Crippen LogP contribution in [0, 0.1) is 0 Å². The van der Waals surface area contributed by atoms with Gasteiger partial charge in [-0.2, -0.15) is 0 Å². The van der Waals surface area contributed by atoms with Crippen LogP contribution >= 0.6 is 0 Å². The second-order valence-electron chi connectivity index (χ2n) is 4.71. The van der Waals surface area contributed by atoms with E-state index in [1.165, 1.54) is 6.92 Å². The van der Waals surface area contributed by atoms with Crippen molar-refractivity contribution in [1.29, 1.82) is 0 Å². The van der Waals surface area contributed by atoms with Gasteiger partial charge in [0, 0.05) is 19.4 Å². The summed E-state index contributed by atoms with van der Waals surface area (Å²) in [7, 11) is 0. The van der Waals surface area contributed by atoms with E-state index in [0.717, 1.165) is 12.8 Å². The van der Waals surface area contributed by atoms with Gasteiger partial charge in [-0.3, -0.25) is 9.59 Å². The fourth-order valence-electron chi connectivity index (χ4n) is 2.21. The van der Waals surface area contributed by atoms with Crippen molar-refractivity contribution in [2.24, 2.45) is 0 Å². The minimum atomic E-state index is -0.832. The predicted molar refractivity (Wildman–Crippen MR) is 62.7 cm³/mol. The molecule has 1 aliphatic rings. The molecule has 1 amide bonds. The number of carbonyl (C=O) groups excluding carboxylic acids is 1. The molecule has 0 bridgehead atoms. The predicted octanol–water partition coefficient (Wildman–Crippen LogP) is 1.31. The molecule has 1 fully saturated rings. The maximum Gasteiger partial charge on any atom is 0.303 e. The van der Waals surface area contributed by atoms with Crippen LogP contribution in [-0.4, -0.2) is 35.2 Å². The Morgan fingerprint density at radius 2 is 2.18 bits per heavy atom. The second kappa shape index (κ2) is 6.59. The van der Waals surface area contributed by atoms with Crippen LogP contribution in [0.1, 0.15) is 46.0 Å². The van der Waals surface area contributed by atoms with Gasteiger partial charge < -0.3 is 15.2 Å². The van der Waals surface area contributed by atoms with Crippen LogP contribution in [0.25, 0.3) is 0 Å². The molecule has 1 rings (SSSR count). The molecule has 3 unspecified atom stereocenters. The van der Waals surface area contributed by atoms with Crippen LogP contribution in [0.3, 0.4) is 0 Å². The maximum absolute atomic E-state index is 11.0. The van der Waals surface area contributed by atoms with Crippen molar-refractivity contribution in [3.8, 4) is 0 Å². The highest BCUT2D eigenvalue weighted by molar-refractivity contribution is 5.73. The summed E-state index contributed by atoms with van der Waals surface area (Å²) in [4.78, 5) is 21.6. The van der Waals surface area contributed by atoms with Crippen LogP contribution in [-0.2, 0) is 14.3 Å².